The van der Waals surface area contributed by atoms with E-state index in [1.54, 1.807) is 0 Å². The number of hydrogen-bond donors (Lipinski definition) is 1. The third-order valence-corrected chi connectivity index (χ3v) is 4.65. The molecule has 1 unspecified atom stereocenters. The zero-order valence-electron chi connectivity index (χ0n) is 12.4. The van der Waals surface area contributed by atoms with Crippen LogP contribution in [0, 0.1) is 0 Å². The smallest absolute Gasteiger partial charge is 0.111 e. The van der Waals surface area contributed by atoms with Gasteiger partial charge in [0.05, 0.1) is 11.7 Å². The zero-order valence-corrected chi connectivity index (χ0v) is 13.2. The minimum atomic E-state index is 0.456. The molecule has 1 aromatic rings. The van der Waals surface area contributed by atoms with E-state index >= 15 is 0 Å². The topological polar surface area (TPSA) is 31.4 Å². The fraction of sp³-hybridized carbons (Fsp3) is 0.786. The summed E-state index contributed by atoms with van der Waals surface area (Å²) >= 11 is 1.81. The van der Waals surface area contributed by atoms with Crippen LogP contribution in [0.5, 0.6) is 0 Å². The number of hydrogen-bond acceptors (Lipinski definition) is 5. The molecule has 2 heterocycles. The Morgan fingerprint density at radius 2 is 2.26 bits per heavy atom. The fourth-order valence-corrected chi connectivity index (χ4v) is 3.46. The van der Waals surface area contributed by atoms with Crippen molar-refractivity contribution >= 4 is 11.3 Å². The van der Waals surface area contributed by atoms with Crippen molar-refractivity contribution in [1.29, 1.82) is 0 Å². The van der Waals surface area contributed by atoms with Gasteiger partial charge < -0.3 is 10.2 Å². The van der Waals surface area contributed by atoms with Crippen molar-refractivity contribution in [2.75, 3.05) is 40.3 Å². The Morgan fingerprint density at radius 3 is 3.05 bits per heavy atom. The highest BCUT2D eigenvalue weighted by molar-refractivity contribution is 7.09. The lowest BCUT2D eigenvalue weighted by Gasteiger charge is -2.25. The van der Waals surface area contributed by atoms with E-state index in [-0.39, 0.29) is 0 Å². The van der Waals surface area contributed by atoms with Gasteiger partial charge >= 0.3 is 0 Å². The lowest BCUT2D eigenvalue weighted by Crippen LogP contribution is -2.30. The standard InChI is InChI=1S/C14H26N4S/c1-4-6-15-9-12-11-19-14(16-12)13-10-17(2)7-5-8-18(13)3/h11,13,15H,4-10H2,1-3H3. The van der Waals surface area contributed by atoms with Crippen LogP contribution in [0.25, 0.3) is 0 Å². The average Bonchev–Trinajstić information content (AvgIpc) is 2.78. The number of rotatable bonds is 5. The summed E-state index contributed by atoms with van der Waals surface area (Å²) in [6.07, 6.45) is 2.42. The van der Waals surface area contributed by atoms with Crippen LogP contribution in [0.3, 0.4) is 0 Å². The molecular weight excluding hydrogens is 256 g/mol. The molecule has 1 atom stereocenters. The Hall–Kier alpha value is -0.490. The van der Waals surface area contributed by atoms with Crippen LogP contribution in [-0.2, 0) is 6.54 Å². The van der Waals surface area contributed by atoms with Crippen LogP contribution in [0.2, 0.25) is 0 Å². The largest absolute Gasteiger partial charge is 0.311 e. The van der Waals surface area contributed by atoms with Crippen LogP contribution >= 0.6 is 11.3 Å². The molecule has 0 radical (unpaired) electrons. The van der Waals surface area contributed by atoms with Gasteiger partial charge in [-0.15, -0.1) is 11.3 Å². The summed E-state index contributed by atoms with van der Waals surface area (Å²) in [6.45, 7) is 7.60. The molecule has 0 spiro atoms. The van der Waals surface area contributed by atoms with Gasteiger partial charge in [0.25, 0.3) is 0 Å². The Balaban J connectivity index is 1.99. The lowest BCUT2D eigenvalue weighted by atomic mass is 10.2. The molecule has 108 valence electrons. The Kier molecular flexibility index (Phi) is 5.76. The highest BCUT2D eigenvalue weighted by Gasteiger charge is 2.24. The molecule has 1 N–H and O–H groups in total. The Bertz CT molecular complexity index is 379. The van der Waals surface area contributed by atoms with E-state index < -0.39 is 0 Å². The van der Waals surface area contributed by atoms with E-state index in [0.717, 1.165) is 26.2 Å². The van der Waals surface area contributed by atoms with Crippen LogP contribution in [0.15, 0.2) is 5.38 Å². The van der Waals surface area contributed by atoms with E-state index in [0.29, 0.717) is 6.04 Å². The first-order valence-corrected chi connectivity index (χ1v) is 8.12. The maximum atomic E-state index is 4.82. The van der Waals surface area contributed by atoms with Gasteiger partial charge in [0, 0.05) is 18.5 Å². The minimum Gasteiger partial charge on any atom is -0.311 e. The molecule has 0 bridgehead atoms. The summed E-state index contributed by atoms with van der Waals surface area (Å²) in [7, 11) is 4.43. The molecule has 1 fully saturated rings. The van der Waals surface area contributed by atoms with E-state index in [2.05, 4.69) is 41.5 Å². The highest BCUT2D eigenvalue weighted by atomic mass is 32.1. The number of nitrogens with zero attached hydrogens (tertiary/aromatic N) is 3. The summed E-state index contributed by atoms with van der Waals surface area (Å²) in [5, 5.41) is 6.89. The number of likely N-dealkylation sites (N-methyl/N-ethyl adjacent to an activating group) is 2. The monoisotopic (exact) mass is 282 g/mol. The van der Waals surface area contributed by atoms with Crippen LogP contribution in [0.4, 0.5) is 0 Å². The lowest BCUT2D eigenvalue weighted by molar-refractivity contribution is 0.228. The third-order valence-electron chi connectivity index (χ3n) is 3.65. The van der Waals surface area contributed by atoms with Crippen molar-refractivity contribution in [2.24, 2.45) is 0 Å². The number of thiazole rings is 1. The van der Waals surface area contributed by atoms with Crippen molar-refractivity contribution in [3.05, 3.63) is 16.1 Å². The third kappa shape index (κ3) is 4.24. The molecule has 0 amide bonds. The molecule has 0 saturated carbocycles. The molecule has 4 nitrogen and oxygen atoms in total. The Morgan fingerprint density at radius 1 is 1.42 bits per heavy atom. The molecule has 1 aliphatic rings. The van der Waals surface area contributed by atoms with Crippen molar-refractivity contribution in [1.82, 2.24) is 20.1 Å². The summed E-state index contributed by atoms with van der Waals surface area (Å²) in [5.41, 5.74) is 1.19. The van der Waals surface area contributed by atoms with Gasteiger partial charge in [0.2, 0.25) is 0 Å². The molecular formula is C14H26N4S. The quantitative estimate of drug-likeness (QED) is 0.837. The van der Waals surface area contributed by atoms with Crippen molar-refractivity contribution < 1.29 is 0 Å². The predicted octanol–water partition coefficient (Wildman–Crippen LogP) is 1.95. The Labute approximate surface area is 120 Å². The normalized spacial score (nSPS) is 22.6. The van der Waals surface area contributed by atoms with Gasteiger partial charge in [-0.1, -0.05) is 6.92 Å². The molecule has 0 aliphatic carbocycles. The van der Waals surface area contributed by atoms with Crippen molar-refractivity contribution in [3.63, 3.8) is 0 Å². The molecule has 1 aromatic heterocycles. The maximum absolute atomic E-state index is 4.82. The summed E-state index contributed by atoms with van der Waals surface area (Å²) in [4.78, 5) is 9.69. The highest BCUT2D eigenvalue weighted by Crippen LogP contribution is 2.26. The fourth-order valence-electron chi connectivity index (χ4n) is 2.49. The first-order chi connectivity index (χ1) is 9.20. The molecule has 2 rings (SSSR count). The van der Waals surface area contributed by atoms with E-state index in [9.17, 15) is 0 Å². The van der Waals surface area contributed by atoms with Crippen LogP contribution in [0.1, 0.15) is 36.5 Å². The second kappa shape index (κ2) is 7.33. The zero-order chi connectivity index (χ0) is 13.7. The van der Waals surface area contributed by atoms with Crippen molar-refractivity contribution in [2.45, 2.75) is 32.4 Å². The van der Waals surface area contributed by atoms with Gasteiger partial charge in [0.15, 0.2) is 0 Å². The second-order valence-electron chi connectivity index (χ2n) is 5.47. The predicted molar refractivity (Wildman–Crippen MR) is 81.6 cm³/mol. The first-order valence-electron chi connectivity index (χ1n) is 7.24. The van der Waals surface area contributed by atoms with E-state index in [4.69, 9.17) is 4.98 Å². The van der Waals surface area contributed by atoms with Gasteiger partial charge in [-0.3, -0.25) is 4.90 Å². The average molecular weight is 282 g/mol. The van der Waals surface area contributed by atoms with E-state index in [1.165, 1.54) is 30.1 Å². The summed E-state index contributed by atoms with van der Waals surface area (Å²) in [6, 6.07) is 0.456. The number of aromatic nitrogens is 1. The number of nitrogens with one attached hydrogen (secondary N) is 1. The maximum Gasteiger partial charge on any atom is 0.111 e. The molecule has 0 aromatic carbocycles. The molecule has 5 heteroatoms. The van der Waals surface area contributed by atoms with Gasteiger partial charge in [0.1, 0.15) is 5.01 Å². The summed E-state index contributed by atoms with van der Waals surface area (Å²) < 4.78 is 0. The first kappa shape index (κ1) is 14.9. The van der Waals surface area contributed by atoms with Gasteiger partial charge in [-0.2, -0.15) is 0 Å². The molecule has 19 heavy (non-hydrogen) atoms. The van der Waals surface area contributed by atoms with Crippen LogP contribution in [-0.4, -0.2) is 55.1 Å². The van der Waals surface area contributed by atoms with Crippen molar-refractivity contribution in [3.8, 4) is 0 Å². The second-order valence-corrected chi connectivity index (χ2v) is 6.36. The van der Waals surface area contributed by atoms with Gasteiger partial charge in [-0.25, -0.2) is 4.98 Å². The SMILES string of the molecule is CCCNCc1csc(C2CN(C)CCCN2C)n1. The molecule has 1 saturated heterocycles. The van der Waals surface area contributed by atoms with E-state index in [1.807, 2.05) is 11.3 Å². The molecule has 1 aliphatic heterocycles. The van der Waals surface area contributed by atoms with Gasteiger partial charge in [-0.05, 0) is 46.6 Å². The van der Waals surface area contributed by atoms with Crippen LogP contribution < -0.4 is 5.32 Å². The minimum absolute atomic E-state index is 0.456. The summed E-state index contributed by atoms with van der Waals surface area (Å²) in [5.74, 6) is 0.